The van der Waals surface area contributed by atoms with Crippen molar-refractivity contribution in [2.45, 2.75) is 19.9 Å². The molecule has 0 aliphatic carbocycles. The van der Waals surface area contributed by atoms with E-state index in [1.54, 1.807) is 19.1 Å². The molecule has 8 nitrogen and oxygen atoms in total. The second-order valence-corrected chi connectivity index (χ2v) is 6.20. The fourth-order valence-corrected chi connectivity index (χ4v) is 2.63. The van der Waals surface area contributed by atoms with Gasteiger partial charge in [-0.05, 0) is 53.6 Å². The van der Waals surface area contributed by atoms with Crippen molar-refractivity contribution in [3.8, 4) is 16.8 Å². The monoisotopic (exact) mass is 364 g/mol. The van der Waals surface area contributed by atoms with Crippen LogP contribution in [0.2, 0.25) is 0 Å². The normalized spacial score (nSPS) is 11.7. The van der Waals surface area contributed by atoms with Crippen LogP contribution < -0.4 is 10.6 Å². The molecule has 0 aliphatic heterocycles. The van der Waals surface area contributed by atoms with Crippen LogP contribution in [0, 0.1) is 6.92 Å². The molecule has 138 valence electrons. The lowest BCUT2D eigenvalue weighted by molar-refractivity contribution is -0.122. The van der Waals surface area contributed by atoms with Gasteiger partial charge in [0.1, 0.15) is 12.4 Å². The Kier molecular flexibility index (Phi) is 5.25. The molecular weight excluding hydrogens is 344 g/mol. The maximum atomic E-state index is 12.7. The maximum Gasteiger partial charge on any atom is 0.252 e. The number of likely N-dealkylation sites (N-methyl/N-ethyl adjacent to an activating group) is 1. The first kappa shape index (κ1) is 18.2. The average Bonchev–Trinajstić information content (AvgIpc) is 3.22. The van der Waals surface area contributed by atoms with Crippen molar-refractivity contribution in [3.05, 3.63) is 59.9 Å². The first-order chi connectivity index (χ1) is 13.0. The van der Waals surface area contributed by atoms with Gasteiger partial charge in [-0.15, -0.1) is 5.10 Å². The molecule has 1 atom stereocenters. The van der Waals surface area contributed by atoms with Crippen molar-refractivity contribution in [2.75, 3.05) is 7.05 Å². The standard InChI is InChI=1S/C19H20N6O2/c1-12-4-6-14(7-5-12)15-8-16(19(27)22-13(2)18(26)20-3)10-17(9-15)25-11-21-23-24-25/h4-11,13H,1-3H3,(H,20,26)(H,22,27). The third kappa shape index (κ3) is 4.17. The van der Waals surface area contributed by atoms with E-state index < -0.39 is 6.04 Å². The van der Waals surface area contributed by atoms with Crippen LogP contribution in [0.15, 0.2) is 48.8 Å². The number of aromatic nitrogens is 4. The average molecular weight is 364 g/mol. The number of hydrogen-bond donors (Lipinski definition) is 2. The van der Waals surface area contributed by atoms with Gasteiger partial charge in [-0.2, -0.15) is 0 Å². The van der Waals surface area contributed by atoms with Crippen molar-refractivity contribution in [1.29, 1.82) is 0 Å². The third-order valence-corrected chi connectivity index (χ3v) is 4.17. The molecule has 2 N–H and O–H groups in total. The Morgan fingerprint density at radius 3 is 2.44 bits per heavy atom. The van der Waals surface area contributed by atoms with E-state index in [1.165, 1.54) is 18.1 Å². The van der Waals surface area contributed by atoms with E-state index in [9.17, 15) is 9.59 Å². The van der Waals surface area contributed by atoms with Gasteiger partial charge >= 0.3 is 0 Å². The Bertz CT molecular complexity index is 951. The lowest BCUT2D eigenvalue weighted by Crippen LogP contribution is -2.43. The molecule has 0 bridgehead atoms. The van der Waals surface area contributed by atoms with Gasteiger partial charge in [0.15, 0.2) is 0 Å². The SMILES string of the molecule is CNC(=O)C(C)NC(=O)c1cc(-c2ccc(C)cc2)cc(-n2cnnn2)c1. The molecule has 0 fully saturated rings. The van der Waals surface area contributed by atoms with Crippen LogP contribution in [0.1, 0.15) is 22.8 Å². The molecule has 3 rings (SSSR count). The summed E-state index contributed by atoms with van der Waals surface area (Å²) in [6.45, 7) is 3.64. The fraction of sp³-hybridized carbons (Fsp3) is 0.211. The van der Waals surface area contributed by atoms with Crippen LogP contribution in [0.4, 0.5) is 0 Å². The van der Waals surface area contributed by atoms with E-state index >= 15 is 0 Å². The molecule has 1 unspecified atom stereocenters. The summed E-state index contributed by atoms with van der Waals surface area (Å²) in [7, 11) is 1.53. The molecule has 3 aromatic rings. The van der Waals surface area contributed by atoms with Crippen LogP contribution >= 0.6 is 0 Å². The minimum atomic E-state index is -0.651. The summed E-state index contributed by atoms with van der Waals surface area (Å²) >= 11 is 0. The minimum Gasteiger partial charge on any atom is -0.357 e. The summed E-state index contributed by atoms with van der Waals surface area (Å²) in [6.07, 6.45) is 1.46. The van der Waals surface area contributed by atoms with E-state index in [0.717, 1.165) is 16.7 Å². The summed E-state index contributed by atoms with van der Waals surface area (Å²) in [5, 5.41) is 16.4. The number of nitrogens with one attached hydrogen (secondary N) is 2. The largest absolute Gasteiger partial charge is 0.357 e. The lowest BCUT2D eigenvalue weighted by Gasteiger charge is -2.14. The highest BCUT2D eigenvalue weighted by Crippen LogP contribution is 2.24. The van der Waals surface area contributed by atoms with E-state index in [1.807, 2.05) is 37.3 Å². The topological polar surface area (TPSA) is 102 Å². The van der Waals surface area contributed by atoms with Gasteiger partial charge in [0.05, 0.1) is 5.69 Å². The number of carbonyl (C=O) groups is 2. The number of amides is 2. The van der Waals surface area contributed by atoms with Crippen molar-refractivity contribution >= 4 is 11.8 Å². The number of benzene rings is 2. The second-order valence-electron chi connectivity index (χ2n) is 6.20. The molecule has 1 heterocycles. The summed E-state index contributed by atoms with van der Waals surface area (Å²) < 4.78 is 1.48. The highest BCUT2D eigenvalue weighted by Gasteiger charge is 2.17. The van der Waals surface area contributed by atoms with Crippen LogP contribution in [0.3, 0.4) is 0 Å². The number of rotatable bonds is 5. The fourth-order valence-electron chi connectivity index (χ4n) is 2.63. The van der Waals surface area contributed by atoms with E-state index in [-0.39, 0.29) is 11.8 Å². The summed E-state index contributed by atoms with van der Waals surface area (Å²) in [6, 6.07) is 12.7. The maximum absolute atomic E-state index is 12.7. The number of aryl methyl sites for hydroxylation is 1. The predicted molar refractivity (Wildman–Crippen MR) is 100 cm³/mol. The first-order valence-electron chi connectivity index (χ1n) is 8.46. The van der Waals surface area contributed by atoms with Crippen LogP contribution in [0.5, 0.6) is 0 Å². The Morgan fingerprint density at radius 1 is 1.07 bits per heavy atom. The zero-order valence-electron chi connectivity index (χ0n) is 15.3. The predicted octanol–water partition coefficient (Wildman–Crippen LogP) is 1.50. The van der Waals surface area contributed by atoms with Gasteiger partial charge in [0.25, 0.3) is 5.91 Å². The van der Waals surface area contributed by atoms with Crippen molar-refractivity contribution in [1.82, 2.24) is 30.8 Å². The quantitative estimate of drug-likeness (QED) is 0.714. The molecule has 1 aromatic heterocycles. The lowest BCUT2D eigenvalue weighted by atomic mass is 10.0. The summed E-state index contributed by atoms with van der Waals surface area (Å²) in [5.74, 6) is -0.617. The van der Waals surface area contributed by atoms with Gasteiger partial charge in [-0.3, -0.25) is 9.59 Å². The van der Waals surface area contributed by atoms with Gasteiger partial charge in [-0.1, -0.05) is 29.8 Å². The summed E-state index contributed by atoms with van der Waals surface area (Å²) in [4.78, 5) is 24.4. The number of nitrogens with zero attached hydrogens (tertiary/aromatic N) is 4. The van der Waals surface area contributed by atoms with Crippen molar-refractivity contribution in [3.63, 3.8) is 0 Å². The summed E-state index contributed by atoms with van der Waals surface area (Å²) in [5.41, 5.74) is 4.02. The van der Waals surface area contributed by atoms with Crippen molar-refractivity contribution < 1.29 is 9.59 Å². The van der Waals surface area contributed by atoms with Gasteiger partial charge in [0.2, 0.25) is 5.91 Å². The number of hydrogen-bond acceptors (Lipinski definition) is 5. The molecule has 2 aromatic carbocycles. The molecule has 0 saturated heterocycles. The zero-order chi connectivity index (χ0) is 19.4. The number of carbonyl (C=O) groups excluding carboxylic acids is 2. The van der Waals surface area contributed by atoms with Gasteiger partial charge in [-0.25, -0.2) is 4.68 Å². The van der Waals surface area contributed by atoms with Crippen molar-refractivity contribution in [2.24, 2.45) is 0 Å². The molecule has 0 radical (unpaired) electrons. The van der Waals surface area contributed by atoms with Gasteiger partial charge in [0, 0.05) is 12.6 Å². The molecule has 27 heavy (non-hydrogen) atoms. The molecule has 0 saturated carbocycles. The molecule has 0 aliphatic rings. The zero-order valence-corrected chi connectivity index (χ0v) is 15.3. The molecular formula is C19H20N6O2. The molecule has 8 heteroatoms. The highest BCUT2D eigenvalue weighted by atomic mass is 16.2. The number of tetrazole rings is 1. The van der Waals surface area contributed by atoms with Gasteiger partial charge < -0.3 is 10.6 Å². The second kappa shape index (κ2) is 7.77. The minimum absolute atomic E-state index is 0.265. The molecule has 0 spiro atoms. The smallest absolute Gasteiger partial charge is 0.252 e. The Labute approximate surface area is 156 Å². The Morgan fingerprint density at radius 2 is 1.81 bits per heavy atom. The van der Waals surface area contributed by atoms with E-state index in [0.29, 0.717) is 11.3 Å². The highest BCUT2D eigenvalue weighted by molar-refractivity contribution is 5.99. The first-order valence-corrected chi connectivity index (χ1v) is 8.46. The van der Waals surface area contributed by atoms with Crippen LogP contribution in [-0.2, 0) is 4.79 Å². The van der Waals surface area contributed by atoms with Crippen LogP contribution in [-0.4, -0.2) is 45.1 Å². The Hall–Kier alpha value is -3.55. The van der Waals surface area contributed by atoms with E-state index in [4.69, 9.17) is 0 Å². The van der Waals surface area contributed by atoms with E-state index in [2.05, 4.69) is 26.2 Å². The molecule has 2 amide bonds. The van der Waals surface area contributed by atoms with Crippen LogP contribution in [0.25, 0.3) is 16.8 Å². The Balaban J connectivity index is 2.01. The third-order valence-electron chi connectivity index (χ3n) is 4.17.